The van der Waals surface area contributed by atoms with Crippen LogP contribution in [0.25, 0.3) is 11.8 Å². The first-order chi connectivity index (χ1) is 16.6. The molecule has 0 N–H and O–H groups in total. The number of likely N-dealkylation sites (N-methyl/N-ethyl adjacent to an activating group) is 2. The minimum Gasteiger partial charge on any atom is -0.439 e. The van der Waals surface area contributed by atoms with Crippen molar-refractivity contribution in [2.24, 2.45) is 0 Å². The van der Waals surface area contributed by atoms with Crippen molar-refractivity contribution in [1.29, 1.82) is 0 Å². The minimum atomic E-state index is -0.525. The van der Waals surface area contributed by atoms with Gasteiger partial charge in [0.2, 0.25) is 5.88 Å². The lowest BCUT2D eigenvalue weighted by atomic mass is 10.1. The summed E-state index contributed by atoms with van der Waals surface area (Å²) in [6.45, 7) is 3.83. The van der Waals surface area contributed by atoms with Crippen LogP contribution >= 0.6 is 12.2 Å². The molecule has 4 rings (SSSR count). The molecule has 1 saturated heterocycles. The summed E-state index contributed by atoms with van der Waals surface area (Å²) in [5.74, 6) is -0.129. The van der Waals surface area contributed by atoms with E-state index in [-0.39, 0.29) is 22.3 Å². The standard InChI is InChI=1S/C24H21N5O5S/c1-14-11-16(12-20-22(30)26(3)24(35)27(4)23(20)31)15(2)28(14)17-5-8-19(9-6-17)34-21-10-7-18(13-25-21)29(32)33/h5-13H,1-4H3. The number of benzene rings is 1. The fourth-order valence-corrected chi connectivity index (χ4v) is 3.95. The lowest BCUT2D eigenvalue weighted by Crippen LogP contribution is -2.52. The molecule has 1 aliphatic heterocycles. The van der Waals surface area contributed by atoms with Gasteiger partial charge in [-0.2, -0.15) is 0 Å². The topological polar surface area (TPSA) is 111 Å². The zero-order chi connectivity index (χ0) is 25.4. The van der Waals surface area contributed by atoms with Crippen LogP contribution in [0.3, 0.4) is 0 Å². The van der Waals surface area contributed by atoms with Gasteiger partial charge in [0.25, 0.3) is 17.5 Å². The number of nitro groups is 1. The predicted octanol–water partition coefficient (Wildman–Crippen LogP) is 3.79. The summed E-state index contributed by atoms with van der Waals surface area (Å²) in [6, 6.07) is 11.9. The Kier molecular flexibility index (Phi) is 6.18. The van der Waals surface area contributed by atoms with E-state index in [0.717, 1.165) is 28.8 Å². The summed E-state index contributed by atoms with van der Waals surface area (Å²) >= 11 is 5.14. The Morgan fingerprint density at radius 2 is 1.66 bits per heavy atom. The van der Waals surface area contributed by atoms with Gasteiger partial charge in [-0.05, 0) is 68.0 Å². The van der Waals surface area contributed by atoms with E-state index in [0.29, 0.717) is 5.75 Å². The Hall–Kier alpha value is -4.38. The Morgan fingerprint density at radius 1 is 1.03 bits per heavy atom. The maximum absolute atomic E-state index is 12.7. The molecular weight excluding hydrogens is 470 g/mol. The van der Waals surface area contributed by atoms with E-state index in [1.807, 2.05) is 36.6 Å². The molecule has 3 heterocycles. The molecule has 35 heavy (non-hydrogen) atoms. The number of hydrogen-bond acceptors (Lipinski definition) is 7. The van der Waals surface area contributed by atoms with Crippen LogP contribution in [-0.2, 0) is 9.59 Å². The Morgan fingerprint density at radius 3 is 2.20 bits per heavy atom. The van der Waals surface area contributed by atoms with Gasteiger partial charge in [0.15, 0.2) is 5.11 Å². The fourth-order valence-electron chi connectivity index (χ4n) is 3.79. The number of nitrogens with zero attached hydrogens (tertiary/aromatic N) is 5. The van der Waals surface area contributed by atoms with E-state index in [9.17, 15) is 19.7 Å². The molecule has 1 aliphatic rings. The van der Waals surface area contributed by atoms with Gasteiger partial charge < -0.3 is 9.30 Å². The number of thiocarbonyl (C=S) groups is 1. The molecule has 178 valence electrons. The first kappa shape index (κ1) is 23.8. The summed E-state index contributed by atoms with van der Waals surface area (Å²) < 4.78 is 7.67. The van der Waals surface area contributed by atoms with Crippen molar-refractivity contribution in [3.05, 3.63) is 81.3 Å². The lowest BCUT2D eigenvalue weighted by Gasteiger charge is -2.31. The second kappa shape index (κ2) is 9.11. The van der Waals surface area contributed by atoms with Crippen molar-refractivity contribution in [3.63, 3.8) is 0 Å². The van der Waals surface area contributed by atoms with Crippen molar-refractivity contribution in [1.82, 2.24) is 19.4 Å². The van der Waals surface area contributed by atoms with Crippen molar-refractivity contribution in [2.45, 2.75) is 13.8 Å². The highest BCUT2D eigenvalue weighted by molar-refractivity contribution is 7.80. The maximum atomic E-state index is 12.7. The van der Waals surface area contributed by atoms with Crippen molar-refractivity contribution >= 4 is 40.9 Å². The summed E-state index contributed by atoms with van der Waals surface area (Å²) in [5, 5.41) is 10.9. The highest BCUT2D eigenvalue weighted by atomic mass is 32.1. The number of pyridine rings is 1. The normalized spacial score (nSPS) is 13.9. The lowest BCUT2D eigenvalue weighted by molar-refractivity contribution is -0.385. The van der Waals surface area contributed by atoms with Crippen molar-refractivity contribution in [2.75, 3.05) is 14.1 Å². The summed E-state index contributed by atoms with van der Waals surface area (Å²) in [6.07, 6.45) is 2.73. The monoisotopic (exact) mass is 491 g/mol. The van der Waals surface area contributed by atoms with Crippen LogP contribution in [0.2, 0.25) is 0 Å². The predicted molar refractivity (Wildman–Crippen MR) is 132 cm³/mol. The summed E-state index contributed by atoms with van der Waals surface area (Å²) in [7, 11) is 3.08. The molecule has 0 radical (unpaired) electrons. The zero-order valence-electron chi connectivity index (χ0n) is 19.4. The highest BCUT2D eigenvalue weighted by Gasteiger charge is 2.35. The number of carbonyl (C=O) groups is 2. The molecule has 3 aromatic rings. The SMILES string of the molecule is Cc1cc(C=C2C(=O)N(C)C(=S)N(C)C2=O)c(C)n1-c1ccc(Oc2ccc([N+](=O)[O-])cn2)cc1. The number of amides is 2. The third kappa shape index (κ3) is 4.41. The zero-order valence-corrected chi connectivity index (χ0v) is 20.2. The van der Waals surface area contributed by atoms with Gasteiger partial charge >= 0.3 is 0 Å². The van der Waals surface area contributed by atoms with Crippen LogP contribution in [0.5, 0.6) is 11.6 Å². The number of ether oxygens (including phenoxy) is 1. The second-order valence-electron chi connectivity index (χ2n) is 7.94. The number of carbonyl (C=O) groups excluding carboxylic acids is 2. The third-order valence-corrected chi connectivity index (χ3v) is 6.21. The molecule has 2 amide bonds. The first-order valence-corrected chi connectivity index (χ1v) is 10.9. The van der Waals surface area contributed by atoms with Crippen molar-refractivity contribution in [3.8, 4) is 17.3 Å². The molecule has 0 bridgehead atoms. The molecule has 0 unspecified atom stereocenters. The second-order valence-corrected chi connectivity index (χ2v) is 8.30. The summed E-state index contributed by atoms with van der Waals surface area (Å²) in [5.41, 5.74) is 3.28. The molecule has 11 heteroatoms. The number of hydrogen-bond donors (Lipinski definition) is 0. The van der Waals surface area contributed by atoms with E-state index >= 15 is 0 Å². The highest BCUT2D eigenvalue weighted by Crippen LogP contribution is 2.27. The van der Waals surface area contributed by atoms with Crippen LogP contribution in [0, 0.1) is 24.0 Å². The van der Waals surface area contributed by atoms with E-state index in [1.54, 1.807) is 32.3 Å². The van der Waals surface area contributed by atoms with Gasteiger partial charge in [-0.3, -0.25) is 29.5 Å². The van der Waals surface area contributed by atoms with E-state index in [1.165, 1.54) is 21.9 Å². The van der Waals surface area contributed by atoms with E-state index in [4.69, 9.17) is 17.0 Å². The van der Waals surface area contributed by atoms with Crippen molar-refractivity contribution < 1.29 is 19.2 Å². The molecule has 2 aromatic heterocycles. The first-order valence-electron chi connectivity index (χ1n) is 10.5. The Balaban J connectivity index is 1.60. The maximum Gasteiger partial charge on any atom is 0.287 e. The van der Waals surface area contributed by atoms with Gasteiger partial charge in [0.05, 0.1) is 4.92 Å². The average molecular weight is 492 g/mol. The molecule has 1 aromatic carbocycles. The quantitative estimate of drug-likeness (QED) is 0.176. The van der Waals surface area contributed by atoms with Gasteiger partial charge in [-0.25, -0.2) is 4.98 Å². The smallest absolute Gasteiger partial charge is 0.287 e. The van der Waals surface area contributed by atoms with Crippen LogP contribution < -0.4 is 4.74 Å². The molecule has 0 aliphatic carbocycles. The van der Waals surface area contributed by atoms with E-state index < -0.39 is 16.7 Å². The molecule has 1 fully saturated rings. The third-order valence-electron chi connectivity index (χ3n) is 5.66. The van der Waals surface area contributed by atoms with Gasteiger partial charge in [0, 0.05) is 43.3 Å². The Bertz CT molecular complexity index is 1370. The average Bonchev–Trinajstić information content (AvgIpc) is 3.12. The number of rotatable bonds is 5. The van der Waals surface area contributed by atoms with Crippen LogP contribution in [-0.4, -0.2) is 55.3 Å². The fraction of sp³-hybridized carbons (Fsp3) is 0.167. The van der Waals surface area contributed by atoms with Crippen LogP contribution in [0.4, 0.5) is 5.69 Å². The number of aromatic nitrogens is 2. The number of aryl methyl sites for hydroxylation is 1. The van der Waals surface area contributed by atoms with E-state index in [2.05, 4.69) is 4.98 Å². The Labute approximate surface area is 206 Å². The molecule has 0 spiro atoms. The van der Waals surface area contributed by atoms with Crippen LogP contribution in [0.15, 0.2) is 54.2 Å². The molecular formula is C24H21N5O5S. The van der Waals surface area contributed by atoms with Gasteiger partial charge in [-0.1, -0.05) is 0 Å². The molecule has 0 atom stereocenters. The largest absolute Gasteiger partial charge is 0.439 e. The minimum absolute atomic E-state index is 0.0446. The van der Waals surface area contributed by atoms with Crippen LogP contribution in [0.1, 0.15) is 17.0 Å². The van der Waals surface area contributed by atoms with Gasteiger partial charge in [0.1, 0.15) is 17.5 Å². The van der Waals surface area contributed by atoms with Gasteiger partial charge in [-0.15, -0.1) is 0 Å². The molecule has 10 nitrogen and oxygen atoms in total. The summed E-state index contributed by atoms with van der Waals surface area (Å²) in [4.78, 5) is 42.1. The molecule has 0 saturated carbocycles.